The number of nitrogen functional groups attached to an aromatic ring is 2. The third-order valence-electron chi connectivity index (χ3n) is 5.26. The number of furan rings is 1. The van der Waals surface area contributed by atoms with Crippen LogP contribution >= 0.6 is 0 Å². The van der Waals surface area contributed by atoms with E-state index in [4.69, 9.17) is 30.1 Å². The Bertz CT molecular complexity index is 1250. The molecular weight excluding hydrogens is 412 g/mol. The number of fused-ring (bicyclic) bond motifs is 1. The predicted octanol–water partition coefficient (Wildman–Crippen LogP) is 3.09. The van der Waals surface area contributed by atoms with Crippen LogP contribution in [0.5, 0.6) is 17.2 Å². The van der Waals surface area contributed by atoms with E-state index in [0.29, 0.717) is 52.0 Å². The Labute approximate surface area is 184 Å². The van der Waals surface area contributed by atoms with Gasteiger partial charge in [-0.2, -0.15) is 4.98 Å². The van der Waals surface area contributed by atoms with Crippen LogP contribution in [0.1, 0.15) is 28.6 Å². The summed E-state index contributed by atoms with van der Waals surface area (Å²) >= 11 is 0. The lowest BCUT2D eigenvalue weighted by Gasteiger charge is -2.12. The summed E-state index contributed by atoms with van der Waals surface area (Å²) in [6.45, 7) is 0. The molecule has 0 aliphatic heterocycles. The summed E-state index contributed by atoms with van der Waals surface area (Å²) in [6.07, 6.45) is 1.01. The van der Waals surface area contributed by atoms with Crippen molar-refractivity contribution in [1.82, 2.24) is 9.97 Å². The molecule has 0 saturated heterocycles. The van der Waals surface area contributed by atoms with Crippen molar-refractivity contribution >= 4 is 22.7 Å². The van der Waals surface area contributed by atoms with Crippen LogP contribution in [0.4, 0.5) is 11.8 Å². The van der Waals surface area contributed by atoms with Gasteiger partial charge in [0, 0.05) is 23.6 Å². The van der Waals surface area contributed by atoms with Crippen molar-refractivity contribution in [3.63, 3.8) is 0 Å². The van der Waals surface area contributed by atoms with E-state index in [1.807, 2.05) is 6.07 Å². The molecule has 0 spiro atoms. The maximum atomic E-state index is 10.9. The minimum atomic E-state index is -0.984. The molecule has 4 aromatic rings. The van der Waals surface area contributed by atoms with Gasteiger partial charge in [-0.05, 0) is 35.4 Å². The number of nitrogens with two attached hydrogens (primary N) is 2. The van der Waals surface area contributed by atoms with Crippen molar-refractivity contribution in [3.05, 3.63) is 65.0 Å². The van der Waals surface area contributed by atoms with E-state index in [1.165, 1.54) is 7.11 Å². The van der Waals surface area contributed by atoms with E-state index in [-0.39, 0.29) is 5.95 Å². The number of methoxy groups -OCH3 is 3. The molecule has 32 heavy (non-hydrogen) atoms. The molecule has 9 heteroatoms. The molecule has 0 bridgehead atoms. The van der Waals surface area contributed by atoms with Crippen molar-refractivity contribution in [3.8, 4) is 17.2 Å². The largest absolute Gasteiger partial charge is 0.497 e. The van der Waals surface area contributed by atoms with Gasteiger partial charge in [0.2, 0.25) is 11.7 Å². The number of benzene rings is 2. The van der Waals surface area contributed by atoms with Gasteiger partial charge in [0.15, 0.2) is 11.3 Å². The van der Waals surface area contributed by atoms with E-state index in [0.717, 1.165) is 10.9 Å². The molecular formula is C23H24N4O5. The first-order chi connectivity index (χ1) is 15.4. The third-order valence-corrected chi connectivity index (χ3v) is 5.26. The van der Waals surface area contributed by atoms with Gasteiger partial charge < -0.3 is 35.2 Å². The predicted molar refractivity (Wildman–Crippen MR) is 120 cm³/mol. The molecule has 1 atom stereocenters. The molecule has 2 aromatic carbocycles. The highest BCUT2D eigenvalue weighted by Crippen LogP contribution is 2.42. The summed E-state index contributed by atoms with van der Waals surface area (Å²) in [4.78, 5) is 8.06. The zero-order valence-electron chi connectivity index (χ0n) is 18.0. The van der Waals surface area contributed by atoms with Gasteiger partial charge in [-0.25, -0.2) is 4.98 Å². The molecule has 4 rings (SSSR count). The molecule has 0 aliphatic rings. The van der Waals surface area contributed by atoms with Crippen LogP contribution in [-0.4, -0.2) is 36.4 Å². The van der Waals surface area contributed by atoms with Crippen LogP contribution in [0.3, 0.4) is 0 Å². The molecule has 0 aliphatic carbocycles. The molecule has 0 saturated carbocycles. The van der Waals surface area contributed by atoms with Crippen LogP contribution < -0.4 is 25.7 Å². The lowest BCUT2D eigenvalue weighted by molar-refractivity contribution is 0.191. The van der Waals surface area contributed by atoms with Gasteiger partial charge in [0.05, 0.1) is 21.3 Å². The Kier molecular flexibility index (Phi) is 5.74. The maximum Gasteiger partial charge on any atom is 0.221 e. The van der Waals surface area contributed by atoms with Crippen LogP contribution in [0, 0.1) is 0 Å². The second-order valence-corrected chi connectivity index (χ2v) is 7.15. The Balaban J connectivity index is 1.82. The second-order valence-electron chi connectivity index (χ2n) is 7.15. The van der Waals surface area contributed by atoms with Gasteiger partial charge in [-0.1, -0.05) is 12.1 Å². The molecule has 166 valence electrons. The first-order valence-corrected chi connectivity index (χ1v) is 9.81. The fraction of sp³-hybridized carbons (Fsp3) is 0.217. The summed E-state index contributed by atoms with van der Waals surface area (Å²) < 4.78 is 22.3. The van der Waals surface area contributed by atoms with Crippen LogP contribution in [0.2, 0.25) is 0 Å². The van der Waals surface area contributed by atoms with Crippen LogP contribution in [0.25, 0.3) is 11.0 Å². The fourth-order valence-corrected chi connectivity index (χ4v) is 3.58. The second kappa shape index (κ2) is 8.64. The number of anilines is 2. The third kappa shape index (κ3) is 3.85. The zero-order valence-corrected chi connectivity index (χ0v) is 18.0. The Hall–Kier alpha value is -3.98. The number of hydrogen-bond acceptors (Lipinski definition) is 9. The minimum absolute atomic E-state index is 0.108. The molecule has 2 heterocycles. The molecule has 9 nitrogen and oxygen atoms in total. The van der Waals surface area contributed by atoms with Crippen LogP contribution in [0.15, 0.2) is 47.0 Å². The van der Waals surface area contributed by atoms with Gasteiger partial charge in [-0.3, -0.25) is 0 Å². The lowest BCUT2D eigenvalue weighted by Crippen LogP contribution is -2.04. The number of rotatable bonds is 7. The van der Waals surface area contributed by atoms with Gasteiger partial charge in [0.25, 0.3) is 0 Å². The Morgan fingerprint density at radius 1 is 1.00 bits per heavy atom. The van der Waals surface area contributed by atoms with Crippen molar-refractivity contribution in [2.75, 3.05) is 32.8 Å². The summed E-state index contributed by atoms with van der Waals surface area (Å²) in [5, 5.41) is 11.7. The van der Waals surface area contributed by atoms with Crippen molar-refractivity contribution in [1.29, 1.82) is 0 Å². The number of nitrogens with zero attached hydrogens (tertiary/aromatic N) is 2. The molecule has 1 unspecified atom stereocenters. The topological polar surface area (TPSA) is 139 Å². The Morgan fingerprint density at radius 2 is 1.75 bits per heavy atom. The van der Waals surface area contributed by atoms with Gasteiger partial charge in [-0.15, -0.1) is 0 Å². The van der Waals surface area contributed by atoms with Crippen molar-refractivity contribution < 1.29 is 23.7 Å². The average molecular weight is 436 g/mol. The van der Waals surface area contributed by atoms with Gasteiger partial charge in [0.1, 0.15) is 23.4 Å². The number of hydrogen-bond donors (Lipinski definition) is 3. The first kappa shape index (κ1) is 21.3. The monoisotopic (exact) mass is 436 g/mol. The zero-order chi connectivity index (χ0) is 22.8. The number of aromatic nitrogens is 2. The van der Waals surface area contributed by atoms with Crippen LogP contribution in [-0.2, 0) is 6.42 Å². The number of aliphatic hydroxyl groups is 1. The van der Waals surface area contributed by atoms with Gasteiger partial charge >= 0.3 is 0 Å². The van der Waals surface area contributed by atoms with E-state index < -0.39 is 6.10 Å². The molecule has 5 N–H and O–H groups in total. The highest BCUT2D eigenvalue weighted by molar-refractivity contribution is 5.90. The first-order valence-electron chi connectivity index (χ1n) is 9.81. The average Bonchev–Trinajstić information content (AvgIpc) is 3.25. The van der Waals surface area contributed by atoms with E-state index in [2.05, 4.69) is 9.97 Å². The standard InChI is InChI=1S/C23H24N4O5/c1-29-15-6-4-12(5-7-15)19(28)17-10-16-13(8-14-11-26-23(25)27-22(14)24)9-18(30-2)21(31-3)20(16)32-17/h4-7,9-11,19,28H,8H2,1-3H3,(H4,24,25,26,27). The SMILES string of the molecule is COc1ccc(C(O)c2cc3c(Cc4cnc(N)nc4N)cc(OC)c(OC)c3o2)cc1. The molecule has 2 aromatic heterocycles. The summed E-state index contributed by atoms with van der Waals surface area (Å²) in [5.74, 6) is 2.38. The smallest absolute Gasteiger partial charge is 0.221 e. The number of ether oxygens (including phenoxy) is 3. The van der Waals surface area contributed by atoms with E-state index in [1.54, 1.807) is 50.7 Å². The highest BCUT2D eigenvalue weighted by Gasteiger charge is 2.23. The summed E-state index contributed by atoms with van der Waals surface area (Å²) in [7, 11) is 4.67. The minimum Gasteiger partial charge on any atom is -0.497 e. The lowest BCUT2D eigenvalue weighted by atomic mass is 10.0. The van der Waals surface area contributed by atoms with E-state index in [9.17, 15) is 5.11 Å². The molecule has 0 fully saturated rings. The summed E-state index contributed by atoms with van der Waals surface area (Å²) in [5.41, 5.74) is 14.3. The quantitative estimate of drug-likeness (QED) is 0.399. The van der Waals surface area contributed by atoms with Crippen molar-refractivity contribution in [2.24, 2.45) is 0 Å². The molecule has 0 radical (unpaired) electrons. The van der Waals surface area contributed by atoms with E-state index >= 15 is 0 Å². The summed E-state index contributed by atoms with van der Waals surface area (Å²) in [6, 6.07) is 10.7. The highest BCUT2D eigenvalue weighted by atomic mass is 16.5. The fourth-order valence-electron chi connectivity index (χ4n) is 3.58. The Morgan fingerprint density at radius 3 is 2.38 bits per heavy atom. The molecule has 0 amide bonds. The van der Waals surface area contributed by atoms with Crippen molar-refractivity contribution in [2.45, 2.75) is 12.5 Å². The number of aliphatic hydroxyl groups excluding tert-OH is 1. The maximum absolute atomic E-state index is 10.9. The normalized spacial score (nSPS) is 12.0.